The summed E-state index contributed by atoms with van der Waals surface area (Å²) in [5.74, 6) is -2.79. The van der Waals surface area contributed by atoms with E-state index in [0.29, 0.717) is 29.4 Å². The normalized spacial score (nSPS) is 11.2. The van der Waals surface area contributed by atoms with Gasteiger partial charge < -0.3 is 9.84 Å². The minimum Gasteiger partial charge on any atom is -0.478 e. The smallest absolute Gasteiger partial charge is 0.339 e. The van der Waals surface area contributed by atoms with E-state index in [4.69, 9.17) is 4.74 Å². The number of carboxylic acids is 1. The maximum Gasteiger partial charge on any atom is 0.339 e. The molecule has 0 unspecified atom stereocenters. The third-order valence-electron chi connectivity index (χ3n) is 3.55. The van der Waals surface area contributed by atoms with Gasteiger partial charge in [0.05, 0.1) is 5.52 Å². The van der Waals surface area contributed by atoms with Crippen LogP contribution in [0.1, 0.15) is 24.2 Å². The molecule has 7 heteroatoms. The van der Waals surface area contributed by atoms with Crippen molar-refractivity contribution in [2.45, 2.75) is 20.4 Å². The standard InChI is InChI=1S/C18H16F2N2O3/c1-10(2)8-22-9-11-5-17(13(18(23)24)7-15(11)21-22)25-16-4-3-12(19)6-14(16)20/h3-7,9-10H,8H2,1-2H3,(H,23,24). The van der Waals surface area contributed by atoms with Crippen molar-refractivity contribution in [3.8, 4) is 11.5 Å². The van der Waals surface area contributed by atoms with E-state index in [-0.39, 0.29) is 17.1 Å². The number of carbonyl (C=O) groups is 1. The van der Waals surface area contributed by atoms with Crippen molar-refractivity contribution in [1.29, 1.82) is 0 Å². The van der Waals surface area contributed by atoms with E-state index in [1.54, 1.807) is 10.9 Å². The van der Waals surface area contributed by atoms with Gasteiger partial charge in [-0.15, -0.1) is 0 Å². The molecule has 0 saturated carbocycles. The van der Waals surface area contributed by atoms with Gasteiger partial charge in [-0.2, -0.15) is 5.10 Å². The lowest BCUT2D eigenvalue weighted by Crippen LogP contribution is -2.04. The average molecular weight is 346 g/mol. The highest BCUT2D eigenvalue weighted by molar-refractivity contribution is 5.96. The van der Waals surface area contributed by atoms with Crippen molar-refractivity contribution in [2.24, 2.45) is 5.92 Å². The zero-order chi connectivity index (χ0) is 18.1. The van der Waals surface area contributed by atoms with Crippen LogP contribution in [0.25, 0.3) is 10.9 Å². The number of carboxylic acid groups (broad SMARTS) is 1. The molecule has 0 amide bonds. The van der Waals surface area contributed by atoms with E-state index >= 15 is 0 Å². The first-order valence-corrected chi connectivity index (χ1v) is 7.71. The summed E-state index contributed by atoms with van der Waals surface area (Å²) in [4.78, 5) is 11.5. The Hall–Kier alpha value is -2.96. The largest absolute Gasteiger partial charge is 0.478 e. The summed E-state index contributed by atoms with van der Waals surface area (Å²) in [7, 11) is 0. The molecule has 0 radical (unpaired) electrons. The van der Waals surface area contributed by atoms with Gasteiger partial charge in [0.25, 0.3) is 0 Å². The Morgan fingerprint density at radius 2 is 2.00 bits per heavy atom. The Bertz CT molecular complexity index is 951. The molecule has 3 aromatic rings. The molecule has 0 fully saturated rings. The summed E-state index contributed by atoms with van der Waals surface area (Å²) in [5.41, 5.74) is 0.357. The highest BCUT2D eigenvalue weighted by atomic mass is 19.1. The molecule has 1 aromatic heterocycles. The van der Waals surface area contributed by atoms with Crippen LogP contribution in [-0.4, -0.2) is 20.9 Å². The minimum absolute atomic E-state index is 0.0328. The molecule has 0 atom stereocenters. The second-order valence-corrected chi connectivity index (χ2v) is 6.13. The molecule has 0 aliphatic rings. The Morgan fingerprint density at radius 1 is 1.24 bits per heavy atom. The van der Waals surface area contributed by atoms with Crippen LogP contribution in [0.3, 0.4) is 0 Å². The Balaban J connectivity index is 2.05. The summed E-state index contributed by atoms with van der Waals surface area (Å²) in [5, 5.41) is 14.4. The van der Waals surface area contributed by atoms with Crippen molar-refractivity contribution in [1.82, 2.24) is 9.78 Å². The van der Waals surface area contributed by atoms with Gasteiger partial charge in [0.1, 0.15) is 17.1 Å². The average Bonchev–Trinajstić information content (AvgIpc) is 2.89. The molecule has 0 saturated heterocycles. The first-order valence-electron chi connectivity index (χ1n) is 7.71. The molecule has 5 nitrogen and oxygen atoms in total. The van der Waals surface area contributed by atoms with Crippen molar-refractivity contribution in [3.05, 3.63) is 53.7 Å². The topological polar surface area (TPSA) is 64.3 Å². The van der Waals surface area contributed by atoms with E-state index in [1.165, 1.54) is 12.1 Å². The summed E-state index contributed by atoms with van der Waals surface area (Å²) in [6, 6.07) is 5.70. The Kier molecular flexibility index (Phi) is 4.39. The van der Waals surface area contributed by atoms with Crippen LogP contribution in [0.15, 0.2) is 36.5 Å². The lowest BCUT2D eigenvalue weighted by Gasteiger charge is -2.09. The van der Waals surface area contributed by atoms with Crippen molar-refractivity contribution in [2.75, 3.05) is 0 Å². The second kappa shape index (κ2) is 6.51. The van der Waals surface area contributed by atoms with Gasteiger partial charge >= 0.3 is 5.97 Å². The molecule has 1 N–H and O–H groups in total. The van der Waals surface area contributed by atoms with Crippen LogP contribution >= 0.6 is 0 Å². The minimum atomic E-state index is -1.22. The number of rotatable bonds is 5. The predicted molar refractivity (Wildman–Crippen MR) is 88.0 cm³/mol. The molecule has 1 heterocycles. The zero-order valence-corrected chi connectivity index (χ0v) is 13.7. The van der Waals surface area contributed by atoms with Gasteiger partial charge in [-0.3, -0.25) is 4.68 Å². The number of hydrogen-bond donors (Lipinski definition) is 1. The van der Waals surface area contributed by atoms with E-state index in [0.717, 1.165) is 12.1 Å². The van der Waals surface area contributed by atoms with Crippen LogP contribution in [0.2, 0.25) is 0 Å². The van der Waals surface area contributed by atoms with Crippen LogP contribution in [0.5, 0.6) is 11.5 Å². The van der Waals surface area contributed by atoms with Gasteiger partial charge in [0, 0.05) is 24.2 Å². The predicted octanol–water partition coefficient (Wildman–Crippen LogP) is 4.46. The number of hydrogen-bond acceptors (Lipinski definition) is 3. The lowest BCUT2D eigenvalue weighted by molar-refractivity contribution is 0.0694. The fourth-order valence-corrected chi connectivity index (χ4v) is 2.50. The highest BCUT2D eigenvalue weighted by Gasteiger charge is 2.17. The van der Waals surface area contributed by atoms with E-state index < -0.39 is 17.6 Å². The summed E-state index contributed by atoms with van der Waals surface area (Å²) in [6.07, 6.45) is 1.77. The number of fused-ring (bicyclic) bond motifs is 1. The molecule has 2 aromatic carbocycles. The number of aromatic carboxylic acids is 1. The Labute approximate surface area is 142 Å². The lowest BCUT2D eigenvalue weighted by atomic mass is 10.1. The number of ether oxygens (including phenoxy) is 1. The van der Waals surface area contributed by atoms with Gasteiger partial charge in [0.15, 0.2) is 11.6 Å². The fraction of sp³-hybridized carbons (Fsp3) is 0.222. The Morgan fingerprint density at radius 3 is 2.64 bits per heavy atom. The van der Waals surface area contributed by atoms with Crippen LogP contribution in [0.4, 0.5) is 8.78 Å². The molecule has 0 aliphatic heterocycles. The van der Waals surface area contributed by atoms with Crippen LogP contribution in [-0.2, 0) is 6.54 Å². The second-order valence-electron chi connectivity index (χ2n) is 6.13. The SMILES string of the molecule is CC(C)Cn1cc2cc(Oc3ccc(F)cc3F)c(C(=O)O)cc2n1. The van der Waals surface area contributed by atoms with Gasteiger partial charge in [0.2, 0.25) is 0 Å². The summed E-state index contributed by atoms with van der Waals surface area (Å²) in [6.45, 7) is 4.77. The first-order chi connectivity index (χ1) is 11.8. The number of aromatic nitrogens is 2. The molecule has 0 aliphatic carbocycles. The maximum atomic E-state index is 13.8. The summed E-state index contributed by atoms with van der Waals surface area (Å²) >= 11 is 0. The van der Waals surface area contributed by atoms with E-state index in [9.17, 15) is 18.7 Å². The number of nitrogens with zero attached hydrogens (tertiary/aromatic N) is 2. The number of halogens is 2. The van der Waals surface area contributed by atoms with Crippen LogP contribution < -0.4 is 4.74 Å². The van der Waals surface area contributed by atoms with E-state index in [1.807, 2.05) is 13.8 Å². The number of benzene rings is 2. The quantitative estimate of drug-likeness (QED) is 0.741. The monoisotopic (exact) mass is 346 g/mol. The highest BCUT2D eigenvalue weighted by Crippen LogP contribution is 2.31. The molecule has 25 heavy (non-hydrogen) atoms. The van der Waals surface area contributed by atoms with Crippen molar-refractivity contribution in [3.63, 3.8) is 0 Å². The van der Waals surface area contributed by atoms with Gasteiger partial charge in [-0.25, -0.2) is 13.6 Å². The zero-order valence-electron chi connectivity index (χ0n) is 13.7. The molecule has 0 spiro atoms. The van der Waals surface area contributed by atoms with Crippen LogP contribution in [0, 0.1) is 17.6 Å². The summed E-state index contributed by atoms with van der Waals surface area (Å²) < 4.78 is 33.9. The molecular formula is C18H16F2N2O3. The molecular weight excluding hydrogens is 330 g/mol. The first kappa shape index (κ1) is 16.9. The van der Waals surface area contributed by atoms with Gasteiger partial charge in [-0.1, -0.05) is 13.8 Å². The fourth-order valence-electron chi connectivity index (χ4n) is 2.50. The molecule has 130 valence electrons. The third kappa shape index (κ3) is 3.60. The maximum absolute atomic E-state index is 13.8. The molecule has 0 bridgehead atoms. The van der Waals surface area contributed by atoms with Gasteiger partial charge in [-0.05, 0) is 30.2 Å². The van der Waals surface area contributed by atoms with E-state index in [2.05, 4.69) is 5.10 Å². The third-order valence-corrected chi connectivity index (χ3v) is 3.55. The van der Waals surface area contributed by atoms with Crippen molar-refractivity contribution >= 4 is 16.9 Å². The molecule has 3 rings (SSSR count). The van der Waals surface area contributed by atoms with Crippen molar-refractivity contribution < 1.29 is 23.4 Å².